The van der Waals surface area contributed by atoms with E-state index in [2.05, 4.69) is 10.4 Å². The summed E-state index contributed by atoms with van der Waals surface area (Å²) in [5, 5.41) is 16.9. The molecule has 0 spiro atoms. The zero-order valence-electron chi connectivity index (χ0n) is 15.9. The minimum Gasteiger partial charge on any atom is -0.508 e. The van der Waals surface area contributed by atoms with Crippen molar-refractivity contribution in [2.75, 3.05) is 5.32 Å². The minimum absolute atomic E-state index is 0.165. The van der Waals surface area contributed by atoms with Gasteiger partial charge in [-0.1, -0.05) is 18.2 Å². The zero-order valence-corrected chi connectivity index (χ0v) is 15.9. The third-order valence-corrected chi connectivity index (χ3v) is 4.47. The molecule has 0 atom stereocenters. The standard InChI is InChI=1S/C24H18FN3O2/c25-18-8-6-17(7-9-18)24-22(16-28(27-24)20-4-2-1-3-5-20)23(30)14-15-26-19-10-12-21(29)13-11-19/h1-16,26,29H/b15-14-. The molecular formula is C24H18FN3O2. The minimum atomic E-state index is -0.355. The first kappa shape index (κ1) is 19.1. The lowest BCUT2D eigenvalue weighted by molar-refractivity contribution is 0.104. The molecule has 2 N–H and O–H groups in total. The Morgan fingerprint density at radius 1 is 0.967 bits per heavy atom. The summed E-state index contributed by atoms with van der Waals surface area (Å²) in [6, 6.07) is 21.8. The molecule has 4 rings (SSSR count). The quantitative estimate of drug-likeness (QED) is 0.266. The summed E-state index contributed by atoms with van der Waals surface area (Å²) < 4.78 is 15.0. The fraction of sp³-hybridized carbons (Fsp3) is 0. The highest BCUT2D eigenvalue weighted by Gasteiger charge is 2.17. The Balaban J connectivity index is 1.65. The van der Waals surface area contributed by atoms with Gasteiger partial charge < -0.3 is 10.4 Å². The monoisotopic (exact) mass is 399 g/mol. The largest absolute Gasteiger partial charge is 0.508 e. The first-order valence-corrected chi connectivity index (χ1v) is 9.27. The Labute approximate surface area is 172 Å². The smallest absolute Gasteiger partial charge is 0.191 e. The summed E-state index contributed by atoms with van der Waals surface area (Å²) in [7, 11) is 0. The number of allylic oxidation sites excluding steroid dienone is 1. The SMILES string of the molecule is O=C(/C=C\Nc1ccc(O)cc1)c1cn(-c2ccccc2)nc1-c1ccc(F)cc1. The number of carbonyl (C=O) groups excluding carboxylic acids is 1. The van der Waals surface area contributed by atoms with Crippen molar-refractivity contribution in [3.63, 3.8) is 0 Å². The number of carbonyl (C=O) groups is 1. The van der Waals surface area contributed by atoms with Gasteiger partial charge in [-0.15, -0.1) is 0 Å². The number of nitrogens with one attached hydrogen (secondary N) is 1. The van der Waals surface area contributed by atoms with Gasteiger partial charge in [0.25, 0.3) is 0 Å². The van der Waals surface area contributed by atoms with Crippen molar-refractivity contribution in [2.45, 2.75) is 0 Å². The first-order valence-electron chi connectivity index (χ1n) is 9.27. The van der Waals surface area contributed by atoms with Gasteiger partial charge in [-0.25, -0.2) is 9.07 Å². The van der Waals surface area contributed by atoms with Crippen molar-refractivity contribution in [1.82, 2.24) is 9.78 Å². The highest BCUT2D eigenvalue weighted by atomic mass is 19.1. The van der Waals surface area contributed by atoms with E-state index < -0.39 is 0 Å². The average Bonchev–Trinajstić information content (AvgIpc) is 3.22. The second-order valence-electron chi connectivity index (χ2n) is 6.57. The van der Waals surface area contributed by atoms with Gasteiger partial charge in [-0.2, -0.15) is 5.10 Å². The highest BCUT2D eigenvalue weighted by Crippen LogP contribution is 2.25. The lowest BCUT2D eigenvalue weighted by atomic mass is 10.1. The number of nitrogens with zero attached hydrogens (tertiary/aromatic N) is 2. The number of para-hydroxylation sites is 1. The Hall–Kier alpha value is -4.19. The number of phenolic OH excluding ortho intramolecular Hbond substituents is 1. The normalized spacial score (nSPS) is 11.0. The van der Waals surface area contributed by atoms with Crippen LogP contribution in [-0.4, -0.2) is 20.7 Å². The number of phenols is 1. The predicted molar refractivity (Wildman–Crippen MR) is 114 cm³/mol. The second-order valence-corrected chi connectivity index (χ2v) is 6.57. The second kappa shape index (κ2) is 8.45. The van der Waals surface area contributed by atoms with Crippen LogP contribution in [0.5, 0.6) is 5.75 Å². The van der Waals surface area contributed by atoms with Gasteiger partial charge in [0.15, 0.2) is 5.78 Å². The molecular weight excluding hydrogens is 381 g/mol. The summed E-state index contributed by atoms with van der Waals surface area (Å²) >= 11 is 0. The Bertz CT molecular complexity index is 1180. The van der Waals surface area contributed by atoms with E-state index in [0.29, 0.717) is 16.8 Å². The van der Waals surface area contributed by atoms with Crippen molar-refractivity contribution >= 4 is 11.5 Å². The van der Waals surface area contributed by atoms with Gasteiger partial charge in [0.1, 0.15) is 17.3 Å². The number of benzene rings is 3. The fourth-order valence-corrected chi connectivity index (χ4v) is 2.95. The van der Waals surface area contributed by atoms with Crippen LogP contribution in [-0.2, 0) is 0 Å². The molecule has 0 bridgehead atoms. The zero-order chi connectivity index (χ0) is 20.9. The van der Waals surface area contributed by atoms with Crippen molar-refractivity contribution in [1.29, 1.82) is 0 Å². The van der Waals surface area contributed by atoms with Gasteiger partial charge in [-0.3, -0.25) is 4.79 Å². The molecule has 0 aliphatic carbocycles. The summed E-state index contributed by atoms with van der Waals surface area (Å²) in [5.74, 6) is -0.437. The van der Waals surface area contributed by atoms with Crippen LogP contribution >= 0.6 is 0 Å². The lowest BCUT2D eigenvalue weighted by Crippen LogP contribution is -1.97. The number of ketones is 1. The van der Waals surface area contributed by atoms with E-state index in [1.54, 1.807) is 47.3 Å². The summed E-state index contributed by atoms with van der Waals surface area (Å²) in [6.45, 7) is 0. The number of halogens is 1. The Morgan fingerprint density at radius 3 is 2.37 bits per heavy atom. The molecule has 0 saturated heterocycles. The molecule has 1 heterocycles. The van der Waals surface area contributed by atoms with Crippen LogP contribution in [0, 0.1) is 5.82 Å². The van der Waals surface area contributed by atoms with Crippen LogP contribution in [0.15, 0.2) is 97.3 Å². The van der Waals surface area contributed by atoms with Crippen molar-refractivity contribution in [2.24, 2.45) is 0 Å². The maximum Gasteiger partial charge on any atom is 0.191 e. The number of hydrogen-bond acceptors (Lipinski definition) is 4. The number of aromatic hydroxyl groups is 1. The van der Waals surface area contributed by atoms with Gasteiger partial charge in [0, 0.05) is 29.7 Å². The topological polar surface area (TPSA) is 67.2 Å². The van der Waals surface area contributed by atoms with E-state index in [9.17, 15) is 14.3 Å². The van der Waals surface area contributed by atoms with Crippen LogP contribution in [0.25, 0.3) is 16.9 Å². The molecule has 0 saturated carbocycles. The lowest BCUT2D eigenvalue weighted by Gasteiger charge is -2.01. The molecule has 0 radical (unpaired) electrons. The highest BCUT2D eigenvalue weighted by molar-refractivity contribution is 6.08. The van der Waals surface area contributed by atoms with Crippen LogP contribution < -0.4 is 5.32 Å². The van der Waals surface area contributed by atoms with E-state index in [4.69, 9.17) is 0 Å². The van der Waals surface area contributed by atoms with Gasteiger partial charge in [0.05, 0.1) is 11.3 Å². The number of hydrogen-bond donors (Lipinski definition) is 2. The van der Waals surface area contributed by atoms with Gasteiger partial charge >= 0.3 is 0 Å². The summed E-state index contributed by atoms with van der Waals surface area (Å²) in [6.07, 6.45) is 4.61. The summed E-state index contributed by atoms with van der Waals surface area (Å²) in [4.78, 5) is 12.9. The van der Waals surface area contributed by atoms with Crippen LogP contribution in [0.1, 0.15) is 10.4 Å². The molecule has 6 heteroatoms. The number of aromatic nitrogens is 2. The van der Waals surface area contributed by atoms with E-state index in [-0.39, 0.29) is 17.3 Å². The van der Waals surface area contributed by atoms with E-state index in [0.717, 1.165) is 11.4 Å². The number of anilines is 1. The van der Waals surface area contributed by atoms with Crippen molar-refractivity contribution in [3.05, 3.63) is 109 Å². The van der Waals surface area contributed by atoms with Crippen LogP contribution in [0.3, 0.4) is 0 Å². The molecule has 0 fully saturated rings. The predicted octanol–water partition coefficient (Wildman–Crippen LogP) is 5.19. The van der Waals surface area contributed by atoms with E-state index in [1.165, 1.54) is 24.4 Å². The average molecular weight is 399 g/mol. The molecule has 0 aliphatic heterocycles. The Morgan fingerprint density at radius 2 is 1.67 bits per heavy atom. The molecule has 0 aliphatic rings. The van der Waals surface area contributed by atoms with Gasteiger partial charge in [-0.05, 0) is 60.7 Å². The molecule has 4 aromatic rings. The van der Waals surface area contributed by atoms with Crippen molar-refractivity contribution in [3.8, 4) is 22.7 Å². The molecule has 5 nitrogen and oxygen atoms in total. The molecule has 1 aromatic heterocycles. The molecule has 30 heavy (non-hydrogen) atoms. The first-order chi connectivity index (χ1) is 14.6. The molecule has 3 aromatic carbocycles. The maximum atomic E-state index is 13.4. The maximum absolute atomic E-state index is 13.4. The van der Waals surface area contributed by atoms with Gasteiger partial charge in [0.2, 0.25) is 0 Å². The van der Waals surface area contributed by atoms with Crippen LogP contribution in [0.4, 0.5) is 10.1 Å². The molecule has 0 unspecified atom stereocenters. The number of rotatable bonds is 6. The molecule has 148 valence electrons. The van der Waals surface area contributed by atoms with E-state index in [1.807, 2.05) is 30.3 Å². The van der Waals surface area contributed by atoms with E-state index >= 15 is 0 Å². The summed E-state index contributed by atoms with van der Waals surface area (Å²) in [5.41, 5.74) is 3.06. The Kier molecular flexibility index (Phi) is 5.39. The van der Waals surface area contributed by atoms with Crippen molar-refractivity contribution < 1.29 is 14.3 Å². The fourth-order valence-electron chi connectivity index (χ4n) is 2.95. The third-order valence-electron chi connectivity index (χ3n) is 4.47. The third kappa shape index (κ3) is 4.28. The van der Waals surface area contributed by atoms with Crippen LogP contribution in [0.2, 0.25) is 0 Å². The molecule has 0 amide bonds.